The Hall–Kier alpha value is -2.16. The SMILES string of the molecule is COC(OC)c1cc(-c2cccc(C#N)c2)nn1C. The van der Waals surface area contributed by atoms with Gasteiger partial charge in [0, 0.05) is 26.8 Å². The lowest BCUT2D eigenvalue weighted by Gasteiger charge is -2.12. The summed E-state index contributed by atoms with van der Waals surface area (Å²) >= 11 is 0. The van der Waals surface area contributed by atoms with E-state index in [4.69, 9.17) is 14.7 Å². The van der Waals surface area contributed by atoms with Crippen molar-refractivity contribution in [1.82, 2.24) is 9.78 Å². The van der Waals surface area contributed by atoms with Crippen LogP contribution in [0.2, 0.25) is 0 Å². The summed E-state index contributed by atoms with van der Waals surface area (Å²) in [6, 6.07) is 11.3. The van der Waals surface area contributed by atoms with Crippen molar-refractivity contribution in [1.29, 1.82) is 5.26 Å². The molecule has 0 aliphatic heterocycles. The molecule has 2 rings (SSSR count). The topological polar surface area (TPSA) is 60.1 Å². The van der Waals surface area contributed by atoms with E-state index in [1.54, 1.807) is 31.0 Å². The third-order valence-corrected chi connectivity index (χ3v) is 2.87. The molecule has 0 amide bonds. The van der Waals surface area contributed by atoms with Crippen LogP contribution in [0.3, 0.4) is 0 Å². The lowest BCUT2D eigenvalue weighted by atomic mass is 10.1. The first kappa shape index (κ1) is 13.3. The number of hydrogen-bond acceptors (Lipinski definition) is 4. The molecule has 0 aliphatic rings. The van der Waals surface area contributed by atoms with E-state index in [1.807, 2.05) is 25.2 Å². The number of aryl methyl sites for hydroxylation is 1. The molecule has 19 heavy (non-hydrogen) atoms. The largest absolute Gasteiger partial charge is 0.350 e. The maximum Gasteiger partial charge on any atom is 0.200 e. The van der Waals surface area contributed by atoms with E-state index in [1.165, 1.54) is 0 Å². The highest BCUT2D eigenvalue weighted by Gasteiger charge is 2.16. The molecular weight excluding hydrogens is 242 g/mol. The number of nitriles is 1. The fraction of sp³-hybridized carbons (Fsp3) is 0.286. The summed E-state index contributed by atoms with van der Waals surface area (Å²) in [4.78, 5) is 0. The summed E-state index contributed by atoms with van der Waals surface area (Å²) in [6.45, 7) is 0. The molecule has 0 N–H and O–H groups in total. The van der Waals surface area contributed by atoms with Gasteiger partial charge in [0.15, 0.2) is 6.29 Å². The van der Waals surface area contributed by atoms with Crippen LogP contribution in [0.5, 0.6) is 0 Å². The molecule has 1 aromatic carbocycles. The van der Waals surface area contributed by atoms with Gasteiger partial charge in [-0.25, -0.2) is 0 Å². The van der Waals surface area contributed by atoms with Gasteiger partial charge < -0.3 is 9.47 Å². The molecule has 98 valence electrons. The second-order valence-corrected chi connectivity index (χ2v) is 4.07. The van der Waals surface area contributed by atoms with Crippen molar-refractivity contribution in [3.8, 4) is 17.3 Å². The Kier molecular flexibility index (Phi) is 3.95. The molecule has 0 atom stereocenters. The highest BCUT2D eigenvalue weighted by molar-refractivity contribution is 5.61. The first-order valence-electron chi connectivity index (χ1n) is 5.79. The van der Waals surface area contributed by atoms with Gasteiger partial charge in [-0.2, -0.15) is 10.4 Å². The Morgan fingerprint density at radius 2 is 2.00 bits per heavy atom. The maximum absolute atomic E-state index is 8.92. The van der Waals surface area contributed by atoms with Crippen LogP contribution < -0.4 is 0 Å². The van der Waals surface area contributed by atoms with E-state index in [0.29, 0.717) is 5.56 Å². The minimum absolute atomic E-state index is 0.453. The third-order valence-electron chi connectivity index (χ3n) is 2.87. The molecule has 0 bridgehead atoms. The molecule has 5 heteroatoms. The van der Waals surface area contributed by atoms with E-state index >= 15 is 0 Å². The highest BCUT2D eigenvalue weighted by Crippen LogP contribution is 2.24. The first-order chi connectivity index (χ1) is 9.19. The molecule has 0 fully saturated rings. The minimum Gasteiger partial charge on any atom is -0.350 e. The average molecular weight is 257 g/mol. The number of benzene rings is 1. The Morgan fingerprint density at radius 3 is 2.63 bits per heavy atom. The number of methoxy groups -OCH3 is 2. The fourth-order valence-corrected chi connectivity index (χ4v) is 1.93. The van der Waals surface area contributed by atoms with Crippen LogP contribution in [0.15, 0.2) is 30.3 Å². The Balaban J connectivity index is 2.41. The van der Waals surface area contributed by atoms with Gasteiger partial charge in [-0.05, 0) is 18.2 Å². The summed E-state index contributed by atoms with van der Waals surface area (Å²) in [5, 5.41) is 13.3. The molecule has 0 aliphatic carbocycles. The monoisotopic (exact) mass is 257 g/mol. The molecule has 5 nitrogen and oxygen atoms in total. The summed E-state index contributed by atoms with van der Waals surface area (Å²) in [6.07, 6.45) is -0.453. The number of aromatic nitrogens is 2. The van der Waals surface area contributed by atoms with Gasteiger partial charge in [-0.1, -0.05) is 12.1 Å². The predicted octanol–water partition coefficient (Wildman–Crippen LogP) is 2.25. The van der Waals surface area contributed by atoms with Crippen LogP contribution >= 0.6 is 0 Å². The van der Waals surface area contributed by atoms with Crippen LogP contribution in [-0.2, 0) is 16.5 Å². The summed E-state index contributed by atoms with van der Waals surface area (Å²) in [7, 11) is 4.99. The zero-order chi connectivity index (χ0) is 13.8. The van der Waals surface area contributed by atoms with E-state index in [2.05, 4.69) is 11.2 Å². The molecule has 1 heterocycles. The molecule has 0 saturated heterocycles. The van der Waals surface area contributed by atoms with Crippen LogP contribution in [-0.4, -0.2) is 24.0 Å². The standard InChI is InChI=1S/C14H15N3O2/c1-17-13(14(18-2)19-3)8-12(16-17)11-6-4-5-10(7-11)9-15/h4-8,14H,1-3H3. The smallest absolute Gasteiger partial charge is 0.200 e. The molecule has 0 saturated carbocycles. The molecule has 0 unspecified atom stereocenters. The quantitative estimate of drug-likeness (QED) is 0.788. The second-order valence-electron chi connectivity index (χ2n) is 4.07. The van der Waals surface area contributed by atoms with Crippen LogP contribution in [0.4, 0.5) is 0 Å². The van der Waals surface area contributed by atoms with E-state index in [9.17, 15) is 0 Å². The number of rotatable bonds is 4. The molecule has 1 aromatic heterocycles. The molecule has 0 spiro atoms. The predicted molar refractivity (Wildman–Crippen MR) is 70.1 cm³/mol. The van der Waals surface area contributed by atoms with E-state index < -0.39 is 6.29 Å². The van der Waals surface area contributed by atoms with E-state index in [-0.39, 0.29) is 0 Å². The van der Waals surface area contributed by atoms with Gasteiger partial charge in [0.2, 0.25) is 0 Å². The van der Waals surface area contributed by atoms with Gasteiger partial charge in [0.1, 0.15) is 0 Å². The maximum atomic E-state index is 8.92. The zero-order valence-electron chi connectivity index (χ0n) is 11.1. The van der Waals surface area contributed by atoms with Crippen molar-refractivity contribution in [2.75, 3.05) is 14.2 Å². The van der Waals surface area contributed by atoms with Crippen LogP contribution in [0, 0.1) is 11.3 Å². The molecule has 0 radical (unpaired) electrons. The van der Waals surface area contributed by atoms with Crippen molar-refractivity contribution in [2.45, 2.75) is 6.29 Å². The van der Waals surface area contributed by atoms with Gasteiger partial charge in [-0.15, -0.1) is 0 Å². The van der Waals surface area contributed by atoms with Gasteiger partial charge in [0.25, 0.3) is 0 Å². The van der Waals surface area contributed by atoms with Gasteiger partial charge in [0.05, 0.1) is 23.0 Å². The number of hydrogen-bond donors (Lipinski definition) is 0. The van der Waals surface area contributed by atoms with Crippen molar-refractivity contribution in [3.05, 3.63) is 41.6 Å². The van der Waals surface area contributed by atoms with Crippen molar-refractivity contribution in [3.63, 3.8) is 0 Å². The lowest BCUT2D eigenvalue weighted by Crippen LogP contribution is -2.09. The summed E-state index contributed by atoms with van der Waals surface area (Å²) in [5.74, 6) is 0. The molecule has 2 aromatic rings. The van der Waals surface area contributed by atoms with Crippen LogP contribution in [0.1, 0.15) is 17.5 Å². The Bertz CT molecular complexity index is 609. The average Bonchev–Trinajstić information content (AvgIpc) is 2.83. The fourth-order valence-electron chi connectivity index (χ4n) is 1.93. The van der Waals surface area contributed by atoms with Gasteiger partial charge in [-0.3, -0.25) is 4.68 Å². The number of ether oxygens (including phenoxy) is 2. The molecular formula is C14H15N3O2. The van der Waals surface area contributed by atoms with Crippen molar-refractivity contribution in [2.24, 2.45) is 7.05 Å². The minimum atomic E-state index is -0.453. The normalized spacial score (nSPS) is 10.7. The summed E-state index contributed by atoms with van der Waals surface area (Å²) in [5.41, 5.74) is 3.11. The number of nitrogens with zero attached hydrogens (tertiary/aromatic N) is 3. The zero-order valence-corrected chi connectivity index (χ0v) is 11.1. The lowest BCUT2D eigenvalue weighted by molar-refractivity contribution is -0.110. The van der Waals surface area contributed by atoms with Crippen molar-refractivity contribution < 1.29 is 9.47 Å². The third kappa shape index (κ3) is 2.65. The highest BCUT2D eigenvalue weighted by atomic mass is 16.7. The first-order valence-corrected chi connectivity index (χ1v) is 5.79. The van der Waals surface area contributed by atoms with Crippen LogP contribution in [0.25, 0.3) is 11.3 Å². The second kappa shape index (κ2) is 5.65. The Labute approximate surface area is 112 Å². The summed E-state index contributed by atoms with van der Waals surface area (Å²) < 4.78 is 12.2. The van der Waals surface area contributed by atoms with E-state index in [0.717, 1.165) is 17.0 Å². The van der Waals surface area contributed by atoms with Gasteiger partial charge >= 0.3 is 0 Å². The van der Waals surface area contributed by atoms with Crippen molar-refractivity contribution >= 4 is 0 Å². The Morgan fingerprint density at radius 1 is 1.26 bits per heavy atom.